The Kier molecular flexibility index (Phi) is 4.48. The molecule has 0 aliphatic heterocycles. The fraction of sp³-hybridized carbons (Fsp3) is 0.350. The lowest BCUT2D eigenvalue weighted by atomic mass is 9.86. The Morgan fingerprint density at radius 2 is 1.85 bits per heavy atom. The average molecular weight is 369 g/mol. The van der Waals surface area contributed by atoms with Crippen molar-refractivity contribution in [2.45, 2.75) is 46.1 Å². The minimum Gasteiger partial charge on any atom is -0.368 e. The van der Waals surface area contributed by atoms with E-state index < -0.39 is 11.9 Å². The van der Waals surface area contributed by atoms with E-state index in [0.29, 0.717) is 16.0 Å². The molecular formula is C20H23N3O2S. The summed E-state index contributed by atoms with van der Waals surface area (Å²) in [6, 6.07) is 7.50. The summed E-state index contributed by atoms with van der Waals surface area (Å²) in [4.78, 5) is 29.9. The van der Waals surface area contributed by atoms with Gasteiger partial charge in [-0.05, 0) is 30.4 Å². The lowest BCUT2D eigenvalue weighted by molar-refractivity contribution is -0.120. The van der Waals surface area contributed by atoms with Crippen LogP contribution in [0.2, 0.25) is 0 Å². The minimum atomic E-state index is -0.740. The highest BCUT2D eigenvalue weighted by Crippen LogP contribution is 2.33. The van der Waals surface area contributed by atoms with Crippen molar-refractivity contribution in [2.24, 2.45) is 5.73 Å². The summed E-state index contributed by atoms with van der Waals surface area (Å²) in [5.74, 6) is -0.0621. The van der Waals surface area contributed by atoms with Crippen LogP contribution in [-0.2, 0) is 10.2 Å². The van der Waals surface area contributed by atoms with E-state index in [1.807, 2.05) is 17.5 Å². The zero-order chi connectivity index (χ0) is 19.2. The van der Waals surface area contributed by atoms with E-state index in [1.54, 1.807) is 13.8 Å². The van der Waals surface area contributed by atoms with E-state index in [9.17, 15) is 9.59 Å². The van der Waals surface area contributed by atoms with Gasteiger partial charge in [-0.1, -0.05) is 45.0 Å². The summed E-state index contributed by atoms with van der Waals surface area (Å²) < 4.78 is 1.38. The molecule has 1 amide bonds. The Morgan fingerprint density at radius 3 is 2.38 bits per heavy atom. The van der Waals surface area contributed by atoms with E-state index in [0.717, 1.165) is 11.1 Å². The molecule has 2 aromatic heterocycles. The van der Waals surface area contributed by atoms with Crippen LogP contribution in [-0.4, -0.2) is 15.5 Å². The maximum Gasteiger partial charge on any atom is 0.263 e. The van der Waals surface area contributed by atoms with Gasteiger partial charge in [0.1, 0.15) is 16.7 Å². The number of rotatable bonds is 3. The number of hydrogen-bond acceptors (Lipinski definition) is 4. The van der Waals surface area contributed by atoms with E-state index >= 15 is 0 Å². The highest BCUT2D eigenvalue weighted by Gasteiger charge is 2.21. The van der Waals surface area contributed by atoms with Crippen molar-refractivity contribution in [1.82, 2.24) is 9.55 Å². The van der Waals surface area contributed by atoms with Gasteiger partial charge in [0, 0.05) is 10.9 Å². The molecule has 0 saturated heterocycles. The summed E-state index contributed by atoms with van der Waals surface area (Å²) in [5.41, 5.74) is 8.28. The molecule has 5 nitrogen and oxygen atoms in total. The number of carbonyl (C=O) groups excluding carboxylic acids is 1. The monoisotopic (exact) mass is 369 g/mol. The molecule has 26 heavy (non-hydrogen) atoms. The molecule has 1 unspecified atom stereocenters. The molecule has 3 rings (SSSR count). The van der Waals surface area contributed by atoms with Gasteiger partial charge >= 0.3 is 0 Å². The van der Waals surface area contributed by atoms with Gasteiger partial charge in [0.25, 0.3) is 5.56 Å². The lowest BCUT2D eigenvalue weighted by Gasteiger charge is -2.19. The number of fused-ring (bicyclic) bond motifs is 1. The lowest BCUT2D eigenvalue weighted by Crippen LogP contribution is -2.34. The molecule has 0 fully saturated rings. The smallest absolute Gasteiger partial charge is 0.263 e. The van der Waals surface area contributed by atoms with E-state index in [4.69, 9.17) is 5.73 Å². The first-order chi connectivity index (χ1) is 12.1. The number of aromatic nitrogens is 2. The summed E-state index contributed by atoms with van der Waals surface area (Å²) in [6.07, 6.45) is 0. The third-order valence-electron chi connectivity index (χ3n) is 4.68. The number of thiophene rings is 1. The van der Waals surface area contributed by atoms with Crippen molar-refractivity contribution in [3.05, 3.63) is 51.4 Å². The molecule has 3 aromatic rings. The van der Waals surface area contributed by atoms with Crippen molar-refractivity contribution in [3.8, 4) is 11.1 Å². The highest BCUT2D eigenvalue weighted by atomic mass is 32.1. The second-order valence-electron chi connectivity index (χ2n) is 7.57. The second-order valence-corrected chi connectivity index (χ2v) is 8.43. The Hall–Kier alpha value is -2.47. The quantitative estimate of drug-likeness (QED) is 0.763. The summed E-state index contributed by atoms with van der Waals surface area (Å²) >= 11 is 1.44. The average Bonchev–Trinajstić information content (AvgIpc) is 2.97. The Bertz CT molecular complexity index is 1040. The van der Waals surface area contributed by atoms with Crippen molar-refractivity contribution in [3.63, 3.8) is 0 Å². The Balaban J connectivity index is 2.21. The normalized spacial score (nSPS) is 13.1. The van der Waals surface area contributed by atoms with Crippen LogP contribution in [0, 0.1) is 6.92 Å². The number of hydrogen-bond donors (Lipinski definition) is 1. The first kappa shape index (κ1) is 18.3. The van der Waals surface area contributed by atoms with Crippen molar-refractivity contribution >= 4 is 27.5 Å². The first-order valence-corrected chi connectivity index (χ1v) is 9.40. The first-order valence-electron chi connectivity index (χ1n) is 8.52. The van der Waals surface area contributed by atoms with Crippen LogP contribution >= 0.6 is 11.3 Å². The molecule has 1 aromatic carbocycles. The number of nitrogens with two attached hydrogens (primary N) is 1. The standard InChI is InChI=1S/C20H23N3O2S/c1-11(17(21)24)23-12(2)22-18-16(19(23)25)15(10-26-18)13-6-8-14(9-7-13)20(3,4)5/h6-11H,1-5H3,(H2,21,24). The van der Waals surface area contributed by atoms with Gasteiger partial charge in [0.15, 0.2) is 0 Å². The van der Waals surface area contributed by atoms with Gasteiger partial charge in [-0.2, -0.15) is 0 Å². The summed E-state index contributed by atoms with van der Waals surface area (Å²) in [7, 11) is 0. The van der Waals surface area contributed by atoms with Crippen LogP contribution in [0.3, 0.4) is 0 Å². The maximum absolute atomic E-state index is 13.1. The molecule has 0 bridgehead atoms. The summed E-state index contributed by atoms with van der Waals surface area (Å²) in [6.45, 7) is 9.84. The molecule has 2 N–H and O–H groups in total. The van der Waals surface area contributed by atoms with Crippen molar-refractivity contribution in [1.29, 1.82) is 0 Å². The predicted molar refractivity (Wildman–Crippen MR) is 107 cm³/mol. The topological polar surface area (TPSA) is 78.0 Å². The molecule has 0 saturated carbocycles. The molecule has 0 spiro atoms. The SMILES string of the molecule is Cc1nc2scc(-c3ccc(C(C)(C)C)cc3)c2c(=O)n1C(C)C(N)=O. The molecule has 1 atom stereocenters. The molecular weight excluding hydrogens is 346 g/mol. The van der Waals surface area contributed by atoms with Gasteiger partial charge < -0.3 is 5.73 Å². The van der Waals surface area contributed by atoms with Crippen LogP contribution in [0.25, 0.3) is 21.3 Å². The number of benzene rings is 1. The third kappa shape index (κ3) is 3.05. The number of nitrogens with zero attached hydrogens (tertiary/aromatic N) is 2. The van der Waals surface area contributed by atoms with Crippen molar-refractivity contribution < 1.29 is 4.79 Å². The van der Waals surface area contributed by atoms with Gasteiger partial charge in [-0.3, -0.25) is 14.2 Å². The van der Waals surface area contributed by atoms with Crippen LogP contribution in [0.1, 0.15) is 45.1 Å². The van der Waals surface area contributed by atoms with Gasteiger partial charge in [0.05, 0.1) is 5.39 Å². The fourth-order valence-electron chi connectivity index (χ4n) is 3.05. The van der Waals surface area contributed by atoms with Crippen LogP contribution in [0.4, 0.5) is 0 Å². The molecule has 0 aliphatic rings. The molecule has 6 heteroatoms. The molecule has 136 valence electrons. The zero-order valence-electron chi connectivity index (χ0n) is 15.7. The predicted octanol–water partition coefficient (Wildman–Crippen LogP) is 3.78. The van der Waals surface area contributed by atoms with Gasteiger partial charge in [-0.15, -0.1) is 11.3 Å². The van der Waals surface area contributed by atoms with Crippen molar-refractivity contribution in [2.75, 3.05) is 0 Å². The number of aryl methyl sites for hydroxylation is 1. The molecule has 2 heterocycles. The van der Waals surface area contributed by atoms with Crippen LogP contribution in [0.5, 0.6) is 0 Å². The van der Waals surface area contributed by atoms with Gasteiger partial charge in [-0.25, -0.2) is 4.98 Å². The Morgan fingerprint density at radius 1 is 1.23 bits per heavy atom. The fourth-order valence-corrected chi connectivity index (χ4v) is 4.03. The maximum atomic E-state index is 13.1. The summed E-state index contributed by atoms with van der Waals surface area (Å²) in [5, 5.41) is 2.49. The Labute approximate surface area is 156 Å². The van der Waals surface area contributed by atoms with Crippen LogP contribution in [0.15, 0.2) is 34.4 Å². The number of amides is 1. The van der Waals surface area contributed by atoms with Crippen LogP contribution < -0.4 is 11.3 Å². The molecule has 0 radical (unpaired) electrons. The van der Waals surface area contributed by atoms with E-state index in [-0.39, 0.29) is 11.0 Å². The highest BCUT2D eigenvalue weighted by molar-refractivity contribution is 7.17. The zero-order valence-corrected chi connectivity index (χ0v) is 16.5. The minimum absolute atomic E-state index is 0.0670. The van der Waals surface area contributed by atoms with E-state index in [2.05, 4.69) is 37.9 Å². The molecule has 0 aliphatic carbocycles. The number of carbonyl (C=O) groups is 1. The van der Waals surface area contributed by atoms with Gasteiger partial charge in [0.2, 0.25) is 5.91 Å². The largest absolute Gasteiger partial charge is 0.368 e. The van der Waals surface area contributed by atoms with E-state index in [1.165, 1.54) is 21.5 Å². The number of primary amides is 1. The third-order valence-corrected chi connectivity index (χ3v) is 5.55. The second kappa shape index (κ2) is 6.36.